The Kier molecular flexibility index (Phi) is 3.39. The average Bonchev–Trinajstić information content (AvgIpc) is 2.28. The molecule has 0 bridgehead atoms. The molecule has 0 amide bonds. The van der Waals surface area contributed by atoms with Crippen LogP contribution >= 0.6 is 11.6 Å². The third-order valence-electron chi connectivity index (χ3n) is 2.46. The molecule has 1 aliphatic heterocycles. The fraction of sp³-hybridized carbons (Fsp3) is 0.556. The largest absolute Gasteiger partial charge is 0.375 e. The van der Waals surface area contributed by atoms with Crippen LogP contribution in [0.4, 0.5) is 11.5 Å². The van der Waals surface area contributed by atoms with Gasteiger partial charge in [-0.25, -0.2) is 4.98 Å². The first kappa shape index (κ1) is 12.0. The number of rotatable bonds is 2. The molecule has 1 aromatic heterocycles. The Balaban J connectivity index is 2.35. The Morgan fingerprint density at radius 2 is 2.47 bits per heavy atom. The van der Waals surface area contributed by atoms with E-state index in [-0.39, 0.29) is 22.9 Å². The molecule has 1 unspecified atom stereocenters. The van der Waals surface area contributed by atoms with Crippen LogP contribution in [0.1, 0.15) is 6.92 Å². The van der Waals surface area contributed by atoms with Gasteiger partial charge in [0.2, 0.25) is 11.1 Å². The second-order valence-corrected chi connectivity index (χ2v) is 4.07. The molecule has 0 radical (unpaired) electrons. The van der Waals surface area contributed by atoms with E-state index in [4.69, 9.17) is 16.3 Å². The summed E-state index contributed by atoms with van der Waals surface area (Å²) in [6.07, 6.45) is 1.14. The minimum atomic E-state index is -0.508. The molecule has 1 atom stereocenters. The highest BCUT2D eigenvalue weighted by Crippen LogP contribution is 2.27. The lowest BCUT2D eigenvalue weighted by molar-refractivity contribution is -0.384. The smallest absolute Gasteiger partial charge is 0.329 e. The fourth-order valence-electron chi connectivity index (χ4n) is 1.72. The predicted molar refractivity (Wildman–Crippen MR) is 61.3 cm³/mol. The first-order chi connectivity index (χ1) is 8.08. The molecule has 1 aliphatic rings. The number of ether oxygens (including phenoxy) is 1. The van der Waals surface area contributed by atoms with E-state index in [0.29, 0.717) is 19.7 Å². The monoisotopic (exact) mass is 258 g/mol. The molecule has 0 aliphatic carbocycles. The lowest BCUT2D eigenvalue weighted by Gasteiger charge is -2.31. The van der Waals surface area contributed by atoms with Crippen LogP contribution < -0.4 is 4.90 Å². The molecule has 0 aromatic carbocycles. The number of halogens is 1. The first-order valence-corrected chi connectivity index (χ1v) is 5.49. The van der Waals surface area contributed by atoms with Crippen molar-refractivity contribution in [2.24, 2.45) is 0 Å². The van der Waals surface area contributed by atoms with Gasteiger partial charge in [-0.2, -0.15) is 4.98 Å². The molecule has 2 rings (SSSR count). The minimum absolute atomic E-state index is 0.00439. The van der Waals surface area contributed by atoms with Gasteiger partial charge < -0.3 is 9.64 Å². The van der Waals surface area contributed by atoms with Crippen molar-refractivity contribution in [1.29, 1.82) is 0 Å². The van der Waals surface area contributed by atoms with Gasteiger partial charge in [-0.15, -0.1) is 0 Å². The van der Waals surface area contributed by atoms with Gasteiger partial charge in [-0.3, -0.25) is 10.1 Å². The molecular formula is C9H11ClN4O3. The molecule has 8 heteroatoms. The van der Waals surface area contributed by atoms with Crippen molar-refractivity contribution in [3.8, 4) is 0 Å². The minimum Gasteiger partial charge on any atom is -0.375 e. The van der Waals surface area contributed by atoms with Crippen LogP contribution in [0.25, 0.3) is 0 Å². The Morgan fingerprint density at radius 1 is 1.71 bits per heavy atom. The van der Waals surface area contributed by atoms with Crippen molar-refractivity contribution in [1.82, 2.24) is 9.97 Å². The summed E-state index contributed by atoms with van der Waals surface area (Å²) < 4.78 is 5.37. The zero-order chi connectivity index (χ0) is 12.4. The zero-order valence-electron chi connectivity index (χ0n) is 9.17. The SMILES string of the molecule is CC1CN(c2nc(Cl)ncc2[N+](=O)[O-])CCO1. The zero-order valence-corrected chi connectivity index (χ0v) is 9.92. The predicted octanol–water partition coefficient (Wildman–Crippen LogP) is 1.26. The molecule has 0 N–H and O–H groups in total. The van der Waals surface area contributed by atoms with Crippen LogP contribution in [0.15, 0.2) is 6.20 Å². The van der Waals surface area contributed by atoms with E-state index >= 15 is 0 Å². The van der Waals surface area contributed by atoms with E-state index in [0.717, 1.165) is 6.20 Å². The third kappa shape index (κ3) is 2.62. The van der Waals surface area contributed by atoms with Gasteiger partial charge in [0, 0.05) is 13.1 Å². The Morgan fingerprint density at radius 3 is 3.12 bits per heavy atom. The molecular weight excluding hydrogens is 248 g/mol. The Hall–Kier alpha value is -1.47. The molecule has 92 valence electrons. The topological polar surface area (TPSA) is 81.4 Å². The number of anilines is 1. The standard InChI is InChI=1S/C9H11ClN4O3/c1-6-5-13(2-3-17-6)8-7(14(15)16)4-11-9(10)12-8/h4,6H,2-3,5H2,1H3. The maximum absolute atomic E-state index is 10.9. The molecule has 1 saturated heterocycles. The number of hydrogen-bond acceptors (Lipinski definition) is 6. The number of aromatic nitrogens is 2. The number of hydrogen-bond donors (Lipinski definition) is 0. The van der Waals surface area contributed by atoms with Crippen LogP contribution in [0.5, 0.6) is 0 Å². The molecule has 1 fully saturated rings. The second-order valence-electron chi connectivity index (χ2n) is 3.73. The molecule has 7 nitrogen and oxygen atoms in total. The highest BCUT2D eigenvalue weighted by atomic mass is 35.5. The highest BCUT2D eigenvalue weighted by molar-refractivity contribution is 6.28. The number of nitrogens with zero attached hydrogens (tertiary/aromatic N) is 4. The Bertz CT molecular complexity index is 442. The molecule has 0 saturated carbocycles. The van der Waals surface area contributed by atoms with Gasteiger partial charge in [0.15, 0.2) is 0 Å². The van der Waals surface area contributed by atoms with E-state index in [1.165, 1.54) is 0 Å². The fourth-order valence-corrected chi connectivity index (χ4v) is 1.85. The van der Waals surface area contributed by atoms with Gasteiger partial charge in [0.05, 0.1) is 17.6 Å². The summed E-state index contributed by atoms with van der Waals surface area (Å²) in [6.45, 7) is 3.52. The van der Waals surface area contributed by atoms with Crippen molar-refractivity contribution in [3.05, 3.63) is 21.6 Å². The normalized spacial score (nSPS) is 20.4. The van der Waals surface area contributed by atoms with Crippen LogP contribution in [-0.4, -0.2) is 40.7 Å². The maximum Gasteiger partial charge on any atom is 0.329 e. The first-order valence-electron chi connectivity index (χ1n) is 5.11. The summed E-state index contributed by atoms with van der Waals surface area (Å²) in [7, 11) is 0. The second kappa shape index (κ2) is 4.80. The van der Waals surface area contributed by atoms with E-state index in [2.05, 4.69) is 9.97 Å². The van der Waals surface area contributed by atoms with Gasteiger partial charge in [-0.1, -0.05) is 0 Å². The number of nitro groups is 1. The summed E-state index contributed by atoms with van der Waals surface area (Å²) in [5, 5.41) is 10.9. The van der Waals surface area contributed by atoms with Crippen LogP contribution in [-0.2, 0) is 4.74 Å². The summed E-state index contributed by atoms with van der Waals surface area (Å²) in [5.74, 6) is 0.255. The van der Waals surface area contributed by atoms with Crippen LogP contribution in [0, 0.1) is 10.1 Å². The third-order valence-corrected chi connectivity index (χ3v) is 2.64. The molecule has 0 spiro atoms. The van der Waals surface area contributed by atoms with Gasteiger partial charge in [-0.05, 0) is 18.5 Å². The van der Waals surface area contributed by atoms with Gasteiger partial charge >= 0.3 is 5.69 Å². The Labute approximate surface area is 103 Å². The average molecular weight is 259 g/mol. The summed E-state index contributed by atoms with van der Waals surface area (Å²) in [4.78, 5) is 19.7. The van der Waals surface area contributed by atoms with E-state index in [1.54, 1.807) is 4.90 Å². The van der Waals surface area contributed by atoms with Crippen molar-refractivity contribution in [2.75, 3.05) is 24.6 Å². The van der Waals surface area contributed by atoms with E-state index in [1.807, 2.05) is 6.92 Å². The lowest BCUT2D eigenvalue weighted by Crippen LogP contribution is -2.41. The van der Waals surface area contributed by atoms with Crippen molar-refractivity contribution < 1.29 is 9.66 Å². The lowest BCUT2D eigenvalue weighted by atomic mass is 10.3. The highest BCUT2D eigenvalue weighted by Gasteiger charge is 2.26. The molecule has 2 heterocycles. The van der Waals surface area contributed by atoms with Gasteiger partial charge in [0.1, 0.15) is 6.20 Å². The van der Waals surface area contributed by atoms with E-state index < -0.39 is 4.92 Å². The van der Waals surface area contributed by atoms with Crippen LogP contribution in [0.2, 0.25) is 5.28 Å². The van der Waals surface area contributed by atoms with Crippen LogP contribution in [0.3, 0.4) is 0 Å². The maximum atomic E-state index is 10.9. The summed E-state index contributed by atoms with van der Waals surface area (Å²) in [5.41, 5.74) is -0.136. The summed E-state index contributed by atoms with van der Waals surface area (Å²) in [6, 6.07) is 0. The van der Waals surface area contributed by atoms with E-state index in [9.17, 15) is 10.1 Å². The van der Waals surface area contributed by atoms with Crippen molar-refractivity contribution in [2.45, 2.75) is 13.0 Å². The van der Waals surface area contributed by atoms with Gasteiger partial charge in [0.25, 0.3) is 0 Å². The summed E-state index contributed by atoms with van der Waals surface area (Å²) >= 11 is 5.67. The molecule has 1 aromatic rings. The number of morpholine rings is 1. The van der Waals surface area contributed by atoms with Crippen molar-refractivity contribution >= 4 is 23.1 Å². The quantitative estimate of drug-likeness (QED) is 0.451. The molecule has 17 heavy (non-hydrogen) atoms. The van der Waals surface area contributed by atoms with Crippen molar-refractivity contribution in [3.63, 3.8) is 0 Å².